The average molecular weight is 225 g/mol. The van der Waals surface area contributed by atoms with Crippen molar-refractivity contribution in [1.29, 1.82) is 0 Å². The molecule has 0 saturated carbocycles. The topological polar surface area (TPSA) is 38.3 Å². The van der Waals surface area contributed by atoms with Crippen LogP contribution in [0.5, 0.6) is 0 Å². The van der Waals surface area contributed by atoms with E-state index in [9.17, 15) is 4.79 Å². The highest BCUT2D eigenvalue weighted by molar-refractivity contribution is 5.67. The highest BCUT2D eigenvalue weighted by Gasteiger charge is 2.15. The summed E-state index contributed by atoms with van der Waals surface area (Å²) in [5.41, 5.74) is 1.78. The van der Waals surface area contributed by atoms with Crippen molar-refractivity contribution in [3.63, 3.8) is 0 Å². The van der Waals surface area contributed by atoms with Gasteiger partial charge in [0.2, 0.25) is 0 Å². The van der Waals surface area contributed by atoms with Crippen LogP contribution in [-0.4, -0.2) is 18.2 Å². The van der Waals surface area contributed by atoms with Gasteiger partial charge in [0.15, 0.2) is 0 Å². The minimum Gasteiger partial charge on any atom is -0.444 e. The number of carbonyl (C=O) groups excluding carboxylic acids is 1. The summed E-state index contributed by atoms with van der Waals surface area (Å²) in [4.78, 5) is 11.3. The first-order chi connectivity index (χ1) is 7.20. The Labute approximate surface area is 98.6 Å². The lowest BCUT2D eigenvalue weighted by molar-refractivity contribution is 0.0528. The summed E-state index contributed by atoms with van der Waals surface area (Å²) in [6.45, 7) is 14.0. The molecule has 0 aliphatic carbocycles. The summed E-state index contributed by atoms with van der Waals surface area (Å²) in [5.74, 6) is 0. The molecule has 0 radical (unpaired) electrons. The Kier molecular flexibility index (Phi) is 5.86. The van der Waals surface area contributed by atoms with Crippen molar-refractivity contribution in [2.24, 2.45) is 0 Å². The van der Waals surface area contributed by atoms with E-state index in [-0.39, 0.29) is 6.09 Å². The quantitative estimate of drug-likeness (QED) is 0.744. The van der Waals surface area contributed by atoms with Gasteiger partial charge in [0.25, 0.3) is 0 Å². The molecule has 0 aliphatic heterocycles. The van der Waals surface area contributed by atoms with Crippen LogP contribution >= 0.6 is 0 Å². The lowest BCUT2D eigenvalue weighted by Gasteiger charge is -2.19. The molecule has 0 aliphatic rings. The summed E-state index contributed by atoms with van der Waals surface area (Å²) >= 11 is 0. The third kappa shape index (κ3) is 9.31. The minimum absolute atomic E-state index is 0.377. The molecule has 0 spiro atoms. The van der Waals surface area contributed by atoms with Crippen molar-refractivity contribution in [1.82, 2.24) is 5.32 Å². The molecule has 3 heteroatoms. The van der Waals surface area contributed by atoms with Crippen LogP contribution in [0.2, 0.25) is 0 Å². The Balaban J connectivity index is 3.79. The highest BCUT2D eigenvalue weighted by Crippen LogP contribution is 2.07. The molecule has 0 rings (SSSR count). The molecule has 0 bridgehead atoms. The van der Waals surface area contributed by atoms with Crippen LogP contribution < -0.4 is 5.32 Å². The predicted octanol–water partition coefficient (Wildman–Crippen LogP) is 3.42. The molecule has 0 heterocycles. The summed E-state index contributed by atoms with van der Waals surface area (Å²) in [5, 5.41) is 2.69. The van der Waals surface area contributed by atoms with Crippen LogP contribution in [0.4, 0.5) is 4.79 Å². The number of ether oxygens (including phenoxy) is 1. The average Bonchev–Trinajstić information content (AvgIpc) is 1.98. The fourth-order valence-electron chi connectivity index (χ4n) is 1.12. The Morgan fingerprint density at radius 2 is 1.94 bits per heavy atom. The first kappa shape index (κ1) is 14.8. The zero-order chi connectivity index (χ0) is 12.8. The van der Waals surface area contributed by atoms with Gasteiger partial charge >= 0.3 is 6.09 Å². The smallest absolute Gasteiger partial charge is 0.407 e. The largest absolute Gasteiger partial charge is 0.444 e. The van der Waals surface area contributed by atoms with E-state index in [4.69, 9.17) is 4.74 Å². The molecule has 0 aromatic carbocycles. The van der Waals surface area contributed by atoms with E-state index in [1.165, 1.54) is 5.57 Å². The Hall–Kier alpha value is -1.25. The molecular weight excluding hydrogens is 202 g/mol. The number of allylic oxidation sites excluding steroid dienone is 2. The van der Waals surface area contributed by atoms with Crippen molar-refractivity contribution in [3.05, 3.63) is 23.8 Å². The normalized spacial score (nSPS) is 10.6. The second-order valence-electron chi connectivity index (χ2n) is 5.06. The van der Waals surface area contributed by atoms with Crippen molar-refractivity contribution >= 4 is 6.09 Å². The Morgan fingerprint density at radius 3 is 2.38 bits per heavy atom. The SMILES string of the molecule is C=C(C=C(C)C)CCNC(=O)OC(C)(C)C. The van der Waals surface area contributed by atoms with Gasteiger partial charge in [0.1, 0.15) is 5.60 Å². The zero-order valence-corrected chi connectivity index (χ0v) is 11.0. The van der Waals surface area contributed by atoms with Gasteiger partial charge in [-0.25, -0.2) is 4.79 Å². The maximum absolute atomic E-state index is 11.3. The van der Waals surface area contributed by atoms with E-state index in [1.54, 1.807) is 0 Å². The van der Waals surface area contributed by atoms with Crippen LogP contribution in [-0.2, 0) is 4.74 Å². The molecule has 92 valence electrons. The van der Waals surface area contributed by atoms with Gasteiger partial charge in [0.05, 0.1) is 0 Å². The second kappa shape index (κ2) is 6.36. The van der Waals surface area contributed by atoms with Gasteiger partial charge in [-0.05, 0) is 41.0 Å². The van der Waals surface area contributed by atoms with Crippen molar-refractivity contribution < 1.29 is 9.53 Å². The van der Waals surface area contributed by atoms with E-state index in [0.717, 1.165) is 12.0 Å². The summed E-state index contributed by atoms with van der Waals surface area (Å²) in [6, 6.07) is 0. The maximum atomic E-state index is 11.3. The van der Waals surface area contributed by atoms with Crippen molar-refractivity contribution in [2.75, 3.05) is 6.54 Å². The van der Waals surface area contributed by atoms with Crippen LogP contribution in [0.1, 0.15) is 41.0 Å². The molecule has 0 atom stereocenters. The van der Waals surface area contributed by atoms with Gasteiger partial charge in [-0.2, -0.15) is 0 Å². The lowest BCUT2D eigenvalue weighted by Crippen LogP contribution is -2.33. The standard InChI is InChI=1S/C13H23NO2/c1-10(2)9-11(3)7-8-14-12(15)16-13(4,5)6/h9H,3,7-8H2,1-2,4-6H3,(H,14,15). The molecule has 0 fully saturated rings. The second-order valence-corrected chi connectivity index (χ2v) is 5.06. The Bertz CT molecular complexity index is 281. The van der Waals surface area contributed by atoms with E-state index in [0.29, 0.717) is 6.54 Å². The van der Waals surface area contributed by atoms with Gasteiger partial charge < -0.3 is 10.1 Å². The molecule has 0 aromatic rings. The number of hydrogen-bond donors (Lipinski definition) is 1. The number of nitrogens with one attached hydrogen (secondary N) is 1. The number of carbonyl (C=O) groups is 1. The van der Waals surface area contributed by atoms with Gasteiger partial charge in [-0.3, -0.25) is 0 Å². The first-order valence-electron chi connectivity index (χ1n) is 5.50. The van der Waals surface area contributed by atoms with E-state index in [1.807, 2.05) is 40.7 Å². The summed E-state index contributed by atoms with van der Waals surface area (Å²) in [7, 11) is 0. The first-order valence-corrected chi connectivity index (χ1v) is 5.50. The Morgan fingerprint density at radius 1 is 1.38 bits per heavy atom. The predicted molar refractivity (Wildman–Crippen MR) is 67.4 cm³/mol. The number of alkyl carbamates (subject to hydrolysis) is 1. The van der Waals surface area contributed by atoms with Crippen LogP contribution in [0, 0.1) is 0 Å². The number of rotatable bonds is 4. The lowest BCUT2D eigenvalue weighted by atomic mass is 10.1. The van der Waals surface area contributed by atoms with E-state index in [2.05, 4.69) is 11.9 Å². The van der Waals surface area contributed by atoms with Gasteiger partial charge in [-0.1, -0.05) is 23.8 Å². The molecule has 1 amide bonds. The fourth-order valence-corrected chi connectivity index (χ4v) is 1.12. The van der Waals surface area contributed by atoms with Gasteiger partial charge in [0, 0.05) is 6.54 Å². The molecule has 0 aromatic heterocycles. The third-order valence-electron chi connectivity index (χ3n) is 1.61. The molecule has 1 N–H and O–H groups in total. The van der Waals surface area contributed by atoms with Crippen LogP contribution in [0.15, 0.2) is 23.8 Å². The van der Waals surface area contributed by atoms with E-state index < -0.39 is 5.60 Å². The molecule has 16 heavy (non-hydrogen) atoms. The summed E-state index contributed by atoms with van der Waals surface area (Å²) in [6.07, 6.45) is 2.37. The maximum Gasteiger partial charge on any atom is 0.407 e. The molecule has 3 nitrogen and oxygen atoms in total. The van der Waals surface area contributed by atoms with Crippen molar-refractivity contribution in [2.45, 2.75) is 46.6 Å². The fraction of sp³-hybridized carbons (Fsp3) is 0.615. The van der Waals surface area contributed by atoms with Crippen LogP contribution in [0.3, 0.4) is 0 Å². The third-order valence-corrected chi connectivity index (χ3v) is 1.61. The molecule has 0 unspecified atom stereocenters. The molecule has 0 saturated heterocycles. The summed E-state index contributed by atoms with van der Waals surface area (Å²) < 4.78 is 5.11. The van der Waals surface area contributed by atoms with E-state index >= 15 is 0 Å². The highest BCUT2D eigenvalue weighted by atomic mass is 16.6. The number of amides is 1. The number of hydrogen-bond acceptors (Lipinski definition) is 2. The molecular formula is C13H23NO2. The zero-order valence-electron chi connectivity index (χ0n) is 11.0. The van der Waals surface area contributed by atoms with Crippen LogP contribution in [0.25, 0.3) is 0 Å². The van der Waals surface area contributed by atoms with Gasteiger partial charge in [-0.15, -0.1) is 0 Å². The minimum atomic E-state index is -0.443. The van der Waals surface area contributed by atoms with Crippen molar-refractivity contribution in [3.8, 4) is 0 Å². The monoisotopic (exact) mass is 225 g/mol.